The van der Waals surface area contributed by atoms with E-state index in [-0.39, 0.29) is 11.1 Å². The summed E-state index contributed by atoms with van der Waals surface area (Å²) in [7, 11) is 1.38. The lowest BCUT2D eigenvalue weighted by Gasteiger charge is -2.23. The molecule has 1 amide bonds. The van der Waals surface area contributed by atoms with Gasteiger partial charge in [0, 0.05) is 11.5 Å². The lowest BCUT2D eigenvalue weighted by atomic mass is 10.1. The molecule has 6 heteroatoms. The first kappa shape index (κ1) is 14.1. The number of likely N-dealkylation sites (N-methyl/N-ethyl adjacent to an activating group) is 1. The number of hydrogen-bond acceptors (Lipinski definition) is 2. The molecule has 1 atom stereocenters. The van der Waals surface area contributed by atoms with Crippen LogP contribution in [0.5, 0.6) is 0 Å². The first-order valence-corrected chi connectivity index (χ1v) is 5.70. The third kappa shape index (κ3) is 3.01. The highest BCUT2D eigenvalue weighted by Gasteiger charge is 2.24. The minimum absolute atomic E-state index is 0.224. The van der Waals surface area contributed by atoms with Gasteiger partial charge in [0.1, 0.15) is 17.2 Å². The van der Waals surface area contributed by atoms with Crippen molar-refractivity contribution in [2.45, 2.75) is 13.0 Å². The molecule has 0 aliphatic carbocycles. The predicted octanol–water partition coefficient (Wildman–Crippen LogP) is 2.18. The van der Waals surface area contributed by atoms with Gasteiger partial charge < -0.3 is 10.0 Å². The molecule has 1 aromatic carbocycles. The van der Waals surface area contributed by atoms with E-state index in [0.717, 1.165) is 17.0 Å². The molecule has 1 unspecified atom stereocenters. The van der Waals surface area contributed by atoms with Crippen LogP contribution in [-0.2, 0) is 0 Å². The number of hydrogen-bond donors (Lipinski definition) is 1. The fraction of sp³-hybridized carbons (Fsp3) is 0.364. The van der Waals surface area contributed by atoms with Gasteiger partial charge >= 0.3 is 0 Å². The van der Waals surface area contributed by atoms with E-state index in [1.807, 2.05) is 0 Å². The largest absolute Gasteiger partial charge is 0.394 e. The Kier molecular flexibility index (Phi) is 4.59. The van der Waals surface area contributed by atoms with Crippen LogP contribution in [0.15, 0.2) is 16.6 Å². The van der Waals surface area contributed by atoms with Crippen molar-refractivity contribution < 1.29 is 18.7 Å². The molecular formula is C11H12BrF2NO2. The monoisotopic (exact) mass is 307 g/mol. The van der Waals surface area contributed by atoms with Crippen molar-refractivity contribution in [3.8, 4) is 0 Å². The van der Waals surface area contributed by atoms with E-state index in [0.29, 0.717) is 0 Å². The zero-order valence-electron chi connectivity index (χ0n) is 9.38. The van der Waals surface area contributed by atoms with Gasteiger partial charge in [-0.15, -0.1) is 0 Å². The molecule has 0 saturated carbocycles. The van der Waals surface area contributed by atoms with Crippen LogP contribution in [0.3, 0.4) is 0 Å². The second-order valence-electron chi connectivity index (χ2n) is 3.69. The Labute approximate surface area is 106 Å². The number of aliphatic hydroxyl groups is 1. The van der Waals surface area contributed by atoms with Gasteiger partial charge in [0.2, 0.25) is 0 Å². The number of carbonyl (C=O) groups excluding carboxylic acids is 1. The van der Waals surface area contributed by atoms with E-state index >= 15 is 0 Å². The van der Waals surface area contributed by atoms with Crippen LogP contribution in [0.1, 0.15) is 17.3 Å². The van der Waals surface area contributed by atoms with Gasteiger partial charge in [-0.1, -0.05) is 15.9 Å². The van der Waals surface area contributed by atoms with Crippen LogP contribution in [-0.4, -0.2) is 35.6 Å². The van der Waals surface area contributed by atoms with E-state index in [4.69, 9.17) is 5.11 Å². The highest BCUT2D eigenvalue weighted by atomic mass is 79.9. The van der Waals surface area contributed by atoms with Crippen molar-refractivity contribution in [1.82, 2.24) is 4.90 Å². The lowest BCUT2D eigenvalue weighted by molar-refractivity contribution is 0.0672. The fourth-order valence-electron chi connectivity index (χ4n) is 1.25. The van der Waals surface area contributed by atoms with Gasteiger partial charge in [0.15, 0.2) is 0 Å². The quantitative estimate of drug-likeness (QED) is 0.930. The minimum Gasteiger partial charge on any atom is -0.394 e. The average Bonchev–Trinajstić information content (AvgIpc) is 2.25. The van der Waals surface area contributed by atoms with Crippen LogP contribution in [0, 0.1) is 11.6 Å². The maximum absolute atomic E-state index is 13.5. The normalized spacial score (nSPS) is 12.4. The molecule has 17 heavy (non-hydrogen) atoms. The molecule has 0 aromatic heterocycles. The van der Waals surface area contributed by atoms with E-state index in [2.05, 4.69) is 15.9 Å². The first-order chi connectivity index (χ1) is 7.88. The van der Waals surface area contributed by atoms with Crippen molar-refractivity contribution in [1.29, 1.82) is 0 Å². The van der Waals surface area contributed by atoms with Crippen LogP contribution in [0.25, 0.3) is 0 Å². The summed E-state index contributed by atoms with van der Waals surface area (Å²) in [6, 6.07) is 1.53. The molecule has 3 nitrogen and oxygen atoms in total. The predicted molar refractivity (Wildman–Crippen MR) is 62.7 cm³/mol. The van der Waals surface area contributed by atoms with Crippen LogP contribution >= 0.6 is 15.9 Å². The van der Waals surface area contributed by atoms with Gasteiger partial charge in [-0.05, 0) is 19.1 Å². The van der Waals surface area contributed by atoms with E-state index < -0.39 is 29.1 Å². The molecule has 0 spiro atoms. The molecule has 0 radical (unpaired) electrons. The van der Waals surface area contributed by atoms with Gasteiger partial charge in [0.05, 0.1) is 12.6 Å². The van der Waals surface area contributed by atoms with E-state index in [9.17, 15) is 13.6 Å². The molecule has 0 bridgehead atoms. The molecule has 0 fully saturated rings. The highest BCUT2D eigenvalue weighted by molar-refractivity contribution is 9.10. The second kappa shape index (κ2) is 5.55. The molecule has 0 aliphatic heterocycles. The average molecular weight is 308 g/mol. The zero-order chi connectivity index (χ0) is 13.2. The molecule has 1 aromatic rings. The number of halogens is 3. The summed E-state index contributed by atoms with van der Waals surface area (Å²) in [5, 5.41) is 8.89. The molecule has 1 N–H and O–H groups in total. The molecule has 0 aliphatic rings. The van der Waals surface area contributed by atoms with Crippen molar-refractivity contribution >= 4 is 21.8 Å². The number of amides is 1. The summed E-state index contributed by atoms with van der Waals surface area (Å²) < 4.78 is 27.2. The van der Waals surface area contributed by atoms with Crippen molar-refractivity contribution in [2.75, 3.05) is 13.7 Å². The van der Waals surface area contributed by atoms with Crippen molar-refractivity contribution in [3.63, 3.8) is 0 Å². The maximum Gasteiger partial charge on any atom is 0.259 e. The van der Waals surface area contributed by atoms with Crippen LogP contribution in [0.4, 0.5) is 8.78 Å². The Morgan fingerprint density at radius 3 is 2.35 bits per heavy atom. The number of benzene rings is 1. The summed E-state index contributed by atoms with van der Waals surface area (Å²) >= 11 is 2.93. The number of nitrogens with zero attached hydrogens (tertiary/aromatic N) is 1. The summed E-state index contributed by atoms with van der Waals surface area (Å²) in [5.41, 5.74) is -0.615. The molecule has 0 heterocycles. The maximum atomic E-state index is 13.5. The Morgan fingerprint density at radius 1 is 1.47 bits per heavy atom. The number of rotatable bonds is 3. The van der Waals surface area contributed by atoms with E-state index in [1.165, 1.54) is 7.05 Å². The van der Waals surface area contributed by atoms with Gasteiger partial charge in [-0.3, -0.25) is 4.79 Å². The Balaban J connectivity index is 3.13. The minimum atomic E-state index is -0.932. The Bertz CT molecular complexity index is 416. The van der Waals surface area contributed by atoms with Crippen LogP contribution < -0.4 is 0 Å². The highest BCUT2D eigenvalue weighted by Crippen LogP contribution is 2.21. The molecule has 94 valence electrons. The Morgan fingerprint density at radius 2 is 1.94 bits per heavy atom. The Hall–Kier alpha value is -1.01. The third-order valence-electron chi connectivity index (χ3n) is 2.47. The van der Waals surface area contributed by atoms with Crippen molar-refractivity contribution in [3.05, 3.63) is 33.8 Å². The second-order valence-corrected chi connectivity index (χ2v) is 4.61. The summed E-state index contributed by atoms with van der Waals surface area (Å²) in [6.45, 7) is 1.30. The SMILES string of the molecule is CC(CO)N(C)C(=O)c1c(F)cc(Br)cc1F. The number of carbonyl (C=O) groups is 1. The van der Waals surface area contributed by atoms with Gasteiger partial charge in [-0.25, -0.2) is 8.78 Å². The topological polar surface area (TPSA) is 40.5 Å². The lowest BCUT2D eigenvalue weighted by Crippen LogP contribution is -2.38. The smallest absolute Gasteiger partial charge is 0.259 e. The summed E-state index contributed by atoms with van der Waals surface area (Å²) in [6.07, 6.45) is 0. The van der Waals surface area contributed by atoms with E-state index in [1.54, 1.807) is 6.92 Å². The summed E-state index contributed by atoms with van der Waals surface area (Å²) in [5.74, 6) is -2.66. The molecule has 0 saturated heterocycles. The zero-order valence-corrected chi connectivity index (χ0v) is 11.0. The fourth-order valence-corrected chi connectivity index (χ4v) is 1.65. The summed E-state index contributed by atoms with van der Waals surface area (Å²) in [4.78, 5) is 12.9. The van der Waals surface area contributed by atoms with Gasteiger partial charge in [-0.2, -0.15) is 0 Å². The first-order valence-electron chi connectivity index (χ1n) is 4.91. The van der Waals surface area contributed by atoms with Gasteiger partial charge in [0.25, 0.3) is 5.91 Å². The third-order valence-corrected chi connectivity index (χ3v) is 2.92. The van der Waals surface area contributed by atoms with Crippen LogP contribution in [0.2, 0.25) is 0 Å². The van der Waals surface area contributed by atoms with Crippen molar-refractivity contribution in [2.24, 2.45) is 0 Å². The standard InChI is InChI=1S/C11H12BrF2NO2/c1-6(5-16)15(2)11(17)10-8(13)3-7(12)4-9(10)14/h3-4,6,16H,5H2,1-2H3. The molecular weight excluding hydrogens is 296 g/mol. The molecule has 1 rings (SSSR count). The number of aliphatic hydroxyl groups excluding tert-OH is 1.